The third kappa shape index (κ3) is 3.91. The Bertz CT molecular complexity index is 1210. The van der Waals surface area contributed by atoms with Gasteiger partial charge in [0.1, 0.15) is 5.82 Å². The van der Waals surface area contributed by atoms with Crippen molar-refractivity contribution in [1.82, 2.24) is 23.8 Å². The summed E-state index contributed by atoms with van der Waals surface area (Å²) in [5, 5.41) is 10.9. The second kappa shape index (κ2) is 7.74. The fourth-order valence-electron chi connectivity index (χ4n) is 3.46. The minimum Gasteiger partial charge on any atom is -0.319 e. The van der Waals surface area contributed by atoms with E-state index in [4.69, 9.17) is 0 Å². The van der Waals surface area contributed by atoms with Gasteiger partial charge < -0.3 is 5.32 Å². The number of nitrogens with one attached hydrogen (secondary N) is 1. The molecule has 9 nitrogen and oxygen atoms in total. The summed E-state index contributed by atoms with van der Waals surface area (Å²) in [5.74, 6) is -0.473. The first-order valence-corrected chi connectivity index (χ1v) is 11.1. The van der Waals surface area contributed by atoms with Gasteiger partial charge in [-0.2, -0.15) is 4.31 Å². The van der Waals surface area contributed by atoms with Gasteiger partial charge in [0.2, 0.25) is 10.0 Å². The minimum atomic E-state index is -3.34. The van der Waals surface area contributed by atoms with Gasteiger partial charge in [-0.25, -0.2) is 12.8 Å². The number of fused-ring (bicyclic) bond motifs is 1. The zero-order valence-corrected chi connectivity index (χ0v) is 17.3. The molecule has 1 saturated heterocycles. The lowest BCUT2D eigenvalue weighted by molar-refractivity contribution is 0.102. The Balaban J connectivity index is 1.66. The zero-order valence-electron chi connectivity index (χ0n) is 16.5. The van der Waals surface area contributed by atoms with Gasteiger partial charge in [-0.3, -0.25) is 14.1 Å². The molecule has 3 aromatic rings. The molecule has 1 atom stereocenters. The molecule has 1 amide bonds. The van der Waals surface area contributed by atoms with Gasteiger partial charge in [0, 0.05) is 25.8 Å². The summed E-state index contributed by atoms with van der Waals surface area (Å²) in [6.07, 6.45) is 2.76. The number of hydrogen-bond acceptors (Lipinski definition) is 6. The number of benzene rings is 1. The van der Waals surface area contributed by atoms with Gasteiger partial charge in [-0.1, -0.05) is 12.1 Å². The summed E-state index contributed by atoms with van der Waals surface area (Å²) >= 11 is 0. The standard InChI is InChI=1S/C19H21FN6O3S/c1-24-9-10-25(30(2,28)29)12-16(24)18-23-22-17-8-7-13(11-26(17)18)19(27)21-15-6-4-3-5-14(15)20/h3-8,11,16H,9-10,12H2,1-2H3,(H,21,27). The van der Waals surface area contributed by atoms with Crippen molar-refractivity contribution in [2.24, 2.45) is 0 Å². The lowest BCUT2D eigenvalue weighted by atomic mass is 10.2. The number of pyridine rings is 1. The summed E-state index contributed by atoms with van der Waals surface area (Å²) in [7, 11) is -1.45. The number of piperazine rings is 1. The first-order chi connectivity index (χ1) is 14.2. The van der Waals surface area contributed by atoms with E-state index in [9.17, 15) is 17.6 Å². The normalized spacial score (nSPS) is 18.6. The van der Waals surface area contributed by atoms with Crippen molar-refractivity contribution in [2.45, 2.75) is 6.04 Å². The quantitative estimate of drug-likeness (QED) is 0.669. The highest BCUT2D eigenvalue weighted by Gasteiger charge is 2.33. The Morgan fingerprint density at radius 2 is 1.93 bits per heavy atom. The van der Waals surface area contributed by atoms with Crippen molar-refractivity contribution >= 4 is 27.3 Å². The number of sulfonamides is 1. The average Bonchev–Trinajstić information content (AvgIpc) is 3.12. The Labute approximate surface area is 173 Å². The van der Waals surface area contributed by atoms with E-state index in [-0.39, 0.29) is 18.3 Å². The van der Waals surface area contributed by atoms with Crippen LogP contribution >= 0.6 is 0 Å². The highest BCUT2D eigenvalue weighted by Crippen LogP contribution is 2.25. The molecule has 158 valence electrons. The fourth-order valence-corrected chi connectivity index (χ4v) is 4.28. The minimum absolute atomic E-state index is 0.0855. The molecule has 3 heterocycles. The Morgan fingerprint density at radius 3 is 2.67 bits per heavy atom. The van der Waals surface area contributed by atoms with Crippen LogP contribution in [0.2, 0.25) is 0 Å². The summed E-state index contributed by atoms with van der Waals surface area (Å²) in [6, 6.07) is 8.82. The number of aromatic nitrogens is 3. The molecule has 30 heavy (non-hydrogen) atoms. The SMILES string of the molecule is CN1CCN(S(C)(=O)=O)CC1c1nnc2ccc(C(=O)Nc3ccccc3F)cn12. The van der Waals surface area contributed by atoms with E-state index in [1.165, 1.54) is 22.7 Å². The van der Waals surface area contributed by atoms with Gasteiger partial charge in [-0.15, -0.1) is 10.2 Å². The molecule has 1 aliphatic rings. The molecule has 0 radical (unpaired) electrons. The second-order valence-corrected chi connectivity index (χ2v) is 9.24. The van der Waals surface area contributed by atoms with Gasteiger partial charge in [0.25, 0.3) is 5.91 Å². The Hall–Kier alpha value is -2.89. The summed E-state index contributed by atoms with van der Waals surface area (Å²) in [5.41, 5.74) is 0.907. The molecular weight excluding hydrogens is 411 g/mol. The first-order valence-electron chi connectivity index (χ1n) is 9.30. The number of halogens is 1. The van der Waals surface area contributed by atoms with E-state index in [0.717, 1.165) is 0 Å². The molecule has 1 fully saturated rings. The molecule has 0 spiro atoms. The second-order valence-electron chi connectivity index (χ2n) is 7.26. The topological polar surface area (TPSA) is 99.9 Å². The summed E-state index contributed by atoms with van der Waals surface area (Å²) in [6.45, 7) is 1.18. The largest absolute Gasteiger partial charge is 0.319 e. The summed E-state index contributed by atoms with van der Waals surface area (Å²) in [4.78, 5) is 14.6. The molecular formula is C19H21FN6O3S. The highest BCUT2D eigenvalue weighted by molar-refractivity contribution is 7.88. The number of amides is 1. The van der Waals surface area contributed by atoms with Crippen molar-refractivity contribution in [1.29, 1.82) is 0 Å². The van der Waals surface area contributed by atoms with Gasteiger partial charge >= 0.3 is 0 Å². The molecule has 0 aliphatic carbocycles. The average molecular weight is 432 g/mol. The molecule has 4 rings (SSSR count). The zero-order chi connectivity index (χ0) is 21.5. The number of nitrogens with zero attached hydrogens (tertiary/aromatic N) is 5. The van der Waals surface area contributed by atoms with Crippen LogP contribution in [0.3, 0.4) is 0 Å². The molecule has 1 aromatic carbocycles. The number of hydrogen-bond donors (Lipinski definition) is 1. The van der Waals surface area contributed by atoms with Gasteiger partial charge in [-0.05, 0) is 31.3 Å². The van der Waals surface area contributed by atoms with E-state index in [2.05, 4.69) is 15.5 Å². The number of anilines is 1. The van der Waals surface area contributed by atoms with Crippen LogP contribution in [-0.4, -0.2) is 71.1 Å². The predicted octanol–water partition coefficient (Wildman–Crippen LogP) is 1.37. The third-order valence-corrected chi connectivity index (χ3v) is 6.46. The maximum absolute atomic E-state index is 13.9. The van der Waals surface area contributed by atoms with E-state index in [1.807, 2.05) is 11.9 Å². The molecule has 1 aliphatic heterocycles. The Morgan fingerprint density at radius 1 is 1.17 bits per heavy atom. The van der Waals surface area contributed by atoms with E-state index in [1.54, 1.807) is 34.9 Å². The van der Waals surface area contributed by atoms with Crippen molar-refractivity contribution in [3.63, 3.8) is 0 Å². The predicted molar refractivity (Wildman–Crippen MR) is 109 cm³/mol. The lowest BCUT2D eigenvalue weighted by Gasteiger charge is -2.37. The molecule has 1 unspecified atom stereocenters. The van der Waals surface area contributed by atoms with E-state index < -0.39 is 21.7 Å². The van der Waals surface area contributed by atoms with E-state index >= 15 is 0 Å². The van der Waals surface area contributed by atoms with Crippen LogP contribution in [-0.2, 0) is 10.0 Å². The smallest absolute Gasteiger partial charge is 0.257 e. The number of rotatable bonds is 4. The van der Waals surface area contributed by atoms with Gasteiger partial charge in [0.15, 0.2) is 11.5 Å². The van der Waals surface area contributed by atoms with E-state index in [0.29, 0.717) is 30.1 Å². The molecule has 0 saturated carbocycles. The lowest BCUT2D eigenvalue weighted by Crippen LogP contribution is -2.49. The Kier molecular flexibility index (Phi) is 5.26. The van der Waals surface area contributed by atoms with Crippen LogP contribution < -0.4 is 5.32 Å². The van der Waals surface area contributed by atoms with Crippen molar-refractivity contribution < 1.29 is 17.6 Å². The first kappa shape index (κ1) is 20.4. The highest BCUT2D eigenvalue weighted by atomic mass is 32.2. The van der Waals surface area contributed by atoms with Crippen molar-refractivity contribution in [2.75, 3.05) is 38.3 Å². The maximum atomic E-state index is 13.9. The number of likely N-dealkylation sites (N-methyl/N-ethyl adjacent to an activating group) is 1. The molecule has 1 N–H and O–H groups in total. The van der Waals surface area contributed by atoms with Crippen molar-refractivity contribution in [3.05, 3.63) is 59.8 Å². The number of carbonyl (C=O) groups excluding carboxylic acids is 1. The molecule has 11 heteroatoms. The number of para-hydroxylation sites is 1. The summed E-state index contributed by atoms with van der Waals surface area (Å²) < 4.78 is 40.9. The number of carbonyl (C=O) groups is 1. The van der Waals surface area contributed by atoms with Crippen LogP contribution in [0.5, 0.6) is 0 Å². The monoisotopic (exact) mass is 432 g/mol. The van der Waals surface area contributed by atoms with Crippen LogP contribution in [0.25, 0.3) is 5.65 Å². The van der Waals surface area contributed by atoms with Crippen LogP contribution in [0.4, 0.5) is 10.1 Å². The van der Waals surface area contributed by atoms with Gasteiger partial charge in [0.05, 0.1) is 23.5 Å². The fraction of sp³-hybridized carbons (Fsp3) is 0.316. The van der Waals surface area contributed by atoms with Crippen LogP contribution in [0.1, 0.15) is 22.2 Å². The maximum Gasteiger partial charge on any atom is 0.257 e. The van der Waals surface area contributed by atoms with Crippen LogP contribution in [0.15, 0.2) is 42.6 Å². The molecule has 0 bridgehead atoms. The van der Waals surface area contributed by atoms with Crippen LogP contribution in [0, 0.1) is 5.82 Å². The third-order valence-electron chi connectivity index (χ3n) is 5.19. The molecule has 2 aromatic heterocycles. The van der Waals surface area contributed by atoms with Crippen molar-refractivity contribution in [3.8, 4) is 0 Å².